The van der Waals surface area contributed by atoms with Gasteiger partial charge in [-0.2, -0.15) is 0 Å². The number of carbonyl (C=O) groups is 1. The maximum absolute atomic E-state index is 13.4. The minimum absolute atomic E-state index is 0.0220. The van der Waals surface area contributed by atoms with Crippen LogP contribution in [-0.2, 0) is 11.3 Å². The summed E-state index contributed by atoms with van der Waals surface area (Å²) in [6, 6.07) is 11.3. The van der Waals surface area contributed by atoms with E-state index in [-0.39, 0.29) is 48.0 Å². The molecule has 2 aliphatic heterocycles. The average molecular weight is 438 g/mol. The van der Waals surface area contributed by atoms with Crippen LogP contribution in [0.4, 0.5) is 0 Å². The van der Waals surface area contributed by atoms with Gasteiger partial charge < -0.3 is 19.7 Å². The summed E-state index contributed by atoms with van der Waals surface area (Å²) in [5.74, 6) is 0.619. The predicted octanol–water partition coefficient (Wildman–Crippen LogP) is 2.18. The molecule has 5 rings (SSSR count). The highest BCUT2D eigenvalue weighted by molar-refractivity contribution is 5.83. The Morgan fingerprint density at radius 3 is 2.53 bits per heavy atom. The molecule has 3 heterocycles. The molecule has 2 aromatic rings. The van der Waals surface area contributed by atoms with Crippen LogP contribution in [0.1, 0.15) is 37.9 Å². The molecule has 170 valence electrons. The van der Waals surface area contributed by atoms with Crippen molar-refractivity contribution >= 4 is 5.91 Å². The van der Waals surface area contributed by atoms with Gasteiger partial charge in [0, 0.05) is 42.3 Å². The van der Waals surface area contributed by atoms with Crippen LogP contribution >= 0.6 is 0 Å². The van der Waals surface area contributed by atoms with Gasteiger partial charge in [-0.15, -0.1) is 0 Å². The number of fused-ring (bicyclic) bond motifs is 3. The molecule has 1 saturated carbocycles. The summed E-state index contributed by atoms with van der Waals surface area (Å²) >= 11 is 0. The number of carbonyl (C=O) groups excluding carboxylic acids is 1. The van der Waals surface area contributed by atoms with E-state index in [0.717, 1.165) is 36.3 Å². The molecule has 7 nitrogen and oxygen atoms in total. The minimum Gasteiger partial charge on any atom is -0.497 e. The van der Waals surface area contributed by atoms with Crippen molar-refractivity contribution < 1.29 is 14.6 Å². The van der Waals surface area contributed by atoms with Gasteiger partial charge >= 0.3 is 0 Å². The van der Waals surface area contributed by atoms with Crippen molar-refractivity contribution in [2.75, 3.05) is 20.3 Å². The number of methoxy groups -OCH3 is 1. The van der Waals surface area contributed by atoms with Crippen LogP contribution in [0.3, 0.4) is 0 Å². The van der Waals surface area contributed by atoms with Gasteiger partial charge in [0.1, 0.15) is 5.75 Å². The lowest BCUT2D eigenvalue weighted by Gasteiger charge is -2.33. The first-order valence-corrected chi connectivity index (χ1v) is 11.6. The molecular weight excluding hydrogens is 406 g/mol. The standard InChI is InChI=1S/C25H31N3O4/c1-3-27-22-19(20(14-29)23(27)24(30)26-16-5-4-6-16)13-28-21(22)12-11-18(25(28)31)15-7-9-17(32-2)10-8-15/h7-12,16,19-20,22-23,29H,3-6,13-14H2,1-2H3,(H,26,30)/t19-,20-,22+,23-/m1/s1. The van der Waals surface area contributed by atoms with Crippen LogP contribution in [0.25, 0.3) is 11.1 Å². The number of nitrogens with zero attached hydrogens (tertiary/aromatic N) is 2. The van der Waals surface area contributed by atoms with E-state index in [4.69, 9.17) is 4.74 Å². The van der Waals surface area contributed by atoms with Crippen molar-refractivity contribution in [3.8, 4) is 16.9 Å². The van der Waals surface area contributed by atoms with E-state index in [1.807, 2.05) is 47.9 Å². The van der Waals surface area contributed by atoms with E-state index < -0.39 is 0 Å². The third kappa shape index (κ3) is 3.26. The van der Waals surface area contributed by atoms with Crippen molar-refractivity contribution in [1.82, 2.24) is 14.8 Å². The summed E-state index contributed by atoms with van der Waals surface area (Å²) in [5.41, 5.74) is 2.42. The number of pyridine rings is 1. The van der Waals surface area contributed by atoms with Gasteiger partial charge in [0.05, 0.1) is 19.2 Å². The fourth-order valence-corrected chi connectivity index (χ4v) is 5.81. The number of ether oxygens (including phenoxy) is 1. The Morgan fingerprint density at radius 2 is 1.94 bits per heavy atom. The molecule has 1 amide bonds. The Labute approximate surface area is 188 Å². The molecule has 0 unspecified atom stereocenters. The monoisotopic (exact) mass is 437 g/mol. The summed E-state index contributed by atoms with van der Waals surface area (Å²) in [6.45, 7) is 3.20. The smallest absolute Gasteiger partial charge is 0.258 e. The number of hydrogen-bond donors (Lipinski definition) is 2. The van der Waals surface area contributed by atoms with E-state index in [2.05, 4.69) is 10.2 Å². The quantitative estimate of drug-likeness (QED) is 0.724. The SMILES string of the molecule is CCN1[C@@H]2c3ccc(-c4ccc(OC)cc4)c(=O)n3C[C@@H]2[C@@H](CO)[C@@H]1C(=O)NC1CCC1. The maximum atomic E-state index is 13.4. The lowest BCUT2D eigenvalue weighted by Crippen LogP contribution is -2.52. The van der Waals surface area contributed by atoms with Crippen LogP contribution < -0.4 is 15.6 Å². The molecule has 7 heteroatoms. The van der Waals surface area contributed by atoms with Crippen LogP contribution in [-0.4, -0.2) is 52.8 Å². The number of likely N-dealkylation sites (N-methyl/N-ethyl adjacent to an activating group) is 1. The second-order valence-electron chi connectivity index (χ2n) is 9.18. The van der Waals surface area contributed by atoms with E-state index in [9.17, 15) is 14.7 Å². The first kappa shape index (κ1) is 21.2. The zero-order valence-electron chi connectivity index (χ0n) is 18.7. The molecule has 2 fully saturated rings. The van der Waals surface area contributed by atoms with Crippen LogP contribution in [0, 0.1) is 11.8 Å². The largest absolute Gasteiger partial charge is 0.497 e. The lowest BCUT2D eigenvalue weighted by molar-refractivity contribution is -0.129. The summed E-state index contributed by atoms with van der Waals surface area (Å²) in [5, 5.41) is 13.5. The maximum Gasteiger partial charge on any atom is 0.258 e. The van der Waals surface area contributed by atoms with Crippen molar-refractivity contribution in [3.05, 3.63) is 52.4 Å². The van der Waals surface area contributed by atoms with Gasteiger partial charge in [0.15, 0.2) is 0 Å². The van der Waals surface area contributed by atoms with E-state index in [1.54, 1.807) is 7.11 Å². The number of amides is 1. The van der Waals surface area contributed by atoms with Crippen molar-refractivity contribution in [1.29, 1.82) is 0 Å². The van der Waals surface area contributed by atoms with Gasteiger partial charge in [-0.25, -0.2) is 0 Å². The average Bonchev–Trinajstić information content (AvgIpc) is 3.31. The molecule has 1 saturated heterocycles. The predicted molar refractivity (Wildman–Crippen MR) is 121 cm³/mol. The molecule has 2 N–H and O–H groups in total. The molecule has 1 aliphatic carbocycles. The second-order valence-corrected chi connectivity index (χ2v) is 9.18. The number of likely N-dealkylation sites (tertiary alicyclic amines) is 1. The minimum atomic E-state index is -0.356. The zero-order chi connectivity index (χ0) is 22.4. The highest BCUT2D eigenvalue weighted by Gasteiger charge is 2.55. The number of aromatic nitrogens is 1. The summed E-state index contributed by atoms with van der Waals surface area (Å²) < 4.78 is 7.07. The molecule has 0 spiro atoms. The third-order valence-corrected chi connectivity index (χ3v) is 7.68. The van der Waals surface area contributed by atoms with Crippen LogP contribution in [0.2, 0.25) is 0 Å². The molecule has 32 heavy (non-hydrogen) atoms. The van der Waals surface area contributed by atoms with Gasteiger partial charge in [0.2, 0.25) is 5.91 Å². The summed E-state index contributed by atoms with van der Waals surface area (Å²) in [6.07, 6.45) is 3.23. The first-order valence-electron chi connectivity index (χ1n) is 11.6. The van der Waals surface area contributed by atoms with Gasteiger partial charge in [-0.05, 0) is 55.6 Å². The fraction of sp³-hybridized carbons (Fsp3) is 0.520. The van der Waals surface area contributed by atoms with E-state index in [0.29, 0.717) is 18.7 Å². The van der Waals surface area contributed by atoms with Crippen molar-refractivity contribution in [3.63, 3.8) is 0 Å². The van der Waals surface area contributed by atoms with Crippen molar-refractivity contribution in [2.24, 2.45) is 11.8 Å². The first-order chi connectivity index (χ1) is 15.6. The Bertz CT molecular complexity index is 1060. The van der Waals surface area contributed by atoms with Crippen molar-refractivity contribution in [2.45, 2.75) is 50.9 Å². The Hall–Kier alpha value is -2.64. The molecule has 1 aromatic heterocycles. The summed E-state index contributed by atoms with van der Waals surface area (Å²) in [4.78, 5) is 28.7. The Morgan fingerprint density at radius 1 is 1.19 bits per heavy atom. The topological polar surface area (TPSA) is 83.8 Å². The van der Waals surface area contributed by atoms with Gasteiger partial charge in [-0.3, -0.25) is 14.5 Å². The number of nitrogens with one attached hydrogen (secondary N) is 1. The number of hydrogen-bond acceptors (Lipinski definition) is 5. The third-order valence-electron chi connectivity index (χ3n) is 7.68. The number of aliphatic hydroxyl groups excluding tert-OH is 1. The molecular formula is C25H31N3O4. The highest BCUT2D eigenvalue weighted by Crippen LogP contribution is 2.49. The second kappa shape index (κ2) is 8.37. The molecule has 3 aliphatic rings. The summed E-state index contributed by atoms with van der Waals surface area (Å²) in [7, 11) is 1.62. The van der Waals surface area contributed by atoms with E-state index >= 15 is 0 Å². The van der Waals surface area contributed by atoms with Crippen LogP contribution in [0.5, 0.6) is 5.75 Å². The fourth-order valence-electron chi connectivity index (χ4n) is 5.81. The molecule has 4 atom stereocenters. The number of rotatable bonds is 6. The number of aliphatic hydroxyl groups is 1. The molecule has 1 aromatic carbocycles. The Kier molecular flexibility index (Phi) is 5.55. The Balaban J connectivity index is 1.48. The highest BCUT2D eigenvalue weighted by atomic mass is 16.5. The normalized spacial score (nSPS) is 27.0. The van der Waals surface area contributed by atoms with Gasteiger partial charge in [-0.1, -0.05) is 19.1 Å². The molecule has 0 radical (unpaired) electrons. The lowest BCUT2D eigenvalue weighted by atomic mass is 9.87. The number of benzene rings is 1. The zero-order valence-corrected chi connectivity index (χ0v) is 18.7. The van der Waals surface area contributed by atoms with Gasteiger partial charge in [0.25, 0.3) is 5.56 Å². The van der Waals surface area contributed by atoms with E-state index in [1.165, 1.54) is 0 Å². The van der Waals surface area contributed by atoms with Crippen LogP contribution in [0.15, 0.2) is 41.2 Å². The molecule has 0 bridgehead atoms.